The summed E-state index contributed by atoms with van der Waals surface area (Å²) >= 11 is 5.86. The van der Waals surface area contributed by atoms with Crippen LogP contribution in [0.5, 0.6) is 0 Å². The van der Waals surface area contributed by atoms with Crippen molar-refractivity contribution in [3.63, 3.8) is 0 Å². The van der Waals surface area contributed by atoms with Gasteiger partial charge in [0.25, 0.3) is 5.70 Å². The van der Waals surface area contributed by atoms with Crippen LogP contribution in [0.3, 0.4) is 0 Å². The lowest BCUT2D eigenvalue weighted by atomic mass is 10.1. The Bertz CT molecular complexity index is 1680. The molecule has 0 N–H and O–H groups in total. The lowest BCUT2D eigenvalue weighted by Crippen LogP contribution is -1.95. The first-order chi connectivity index (χ1) is 16.3. The number of aromatic nitrogens is 2. The molecule has 0 aromatic carbocycles. The third kappa shape index (κ3) is 4.05. The van der Waals surface area contributed by atoms with Gasteiger partial charge in [-0.25, -0.2) is 20.1 Å². The fourth-order valence-corrected chi connectivity index (χ4v) is 7.56. The van der Waals surface area contributed by atoms with Crippen LogP contribution in [0.15, 0.2) is 12.1 Å². The lowest BCUT2D eigenvalue weighted by molar-refractivity contribution is 1.28. The zero-order valence-corrected chi connectivity index (χ0v) is 21.7. The van der Waals surface area contributed by atoms with E-state index in [2.05, 4.69) is 4.85 Å². The molecular formula is C24H14N6S4. The zero-order valence-electron chi connectivity index (χ0n) is 18.5. The van der Waals surface area contributed by atoms with Crippen LogP contribution in [0.4, 0.5) is 0 Å². The van der Waals surface area contributed by atoms with Gasteiger partial charge in [0, 0.05) is 25.4 Å². The monoisotopic (exact) mass is 514 g/mol. The smallest absolute Gasteiger partial charge is 0.241 e. The van der Waals surface area contributed by atoms with Gasteiger partial charge in [-0.15, -0.1) is 45.3 Å². The molecular weight excluding hydrogens is 501 g/mol. The molecule has 0 fully saturated rings. The molecule has 0 unspecified atom stereocenters. The highest BCUT2D eigenvalue weighted by atomic mass is 32.1. The van der Waals surface area contributed by atoms with E-state index in [0.717, 1.165) is 51.3 Å². The molecule has 4 heterocycles. The Morgan fingerprint density at radius 2 is 1.24 bits per heavy atom. The molecule has 6 nitrogen and oxygen atoms in total. The molecule has 4 rings (SSSR count). The Hall–Kier alpha value is -3.64. The maximum absolute atomic E-state index is 9.50. The fraction of sp³-hybridized carbons (Fsp3) is 0.167. The first kappa shape index (κ1) is 23.5. The van der Waals surface area contributed by atoms with Crippen molar-refractivity contribution in [2.75, 3.05) is 0 Å². The average molecular weight is 515 g/mol. The minimum Gasteiger partial charge on any atom is -0.241 e. The molecule has 0 bridgehead atoms. The van der Waals surface area contributed by atoms with Gasteiger partial charge in [0.15, 0.2) is 0 Å². The molecule has 0 saturated carbocycles. The number of nitrogens with zero attached hydrogens (tertiary/aromatic N) is 6. The molecule has 0 amide bonds. The molecule has 10 heteroatoms. The van der Waals surface area contributed by atoms with Gasteiger partial charge in [-0.3, -0.25) is 0 Å². The van der Waals surface area contributed by atoms with Crippen LogP contribution < -0.4 is 9.06 Å². The van der Waals surface area contributed by atoms with Gasteiger partial charge >= 0.3 is 0 Å². The SMILES string of the molecule is [C-]#[N+]/C(C#N)=c1\cc(-c2nc(C)sc2C)/c(=c2\sc(=C(C#N)C#N)cc2-c2nc(C)sc2C)s1. The van der Waals surface area contributed by atoms with Crippen LogP contribution in [0, 0.1) is 77.3 Å². The van der Waals surface area contributed by atoms with E-state index >= 15 is 0 Å². The number of thiophene rings is 2. The van der Waals surface area contributed by atoms with Crippen LogP contribution in [0.2, 0.25) is 0 Å². The number of thiazole rings is 2. The van der Waals surface area contributed by atoms with Crippen molar-refractivity contribution in [2.24, 2.45) is 0 Å². The second kappa shape index (κ2) is 9.31. The van der Waals surface area contributed by atoms with Gasteiger partial charge < -0.3 is 0 Å². The minimum absolute atomic E-state index is 0.0161. The van der Waals surface area contributed by atoms with Crippen LogP contribution in [-0.4, -0.2) is 9.97 Å². The van der Waals surface area contributed by atoms with Gasteiger partial charge in [-0.2, -0.15) is 10.5 Å². The standard InChI is InChI=1S/C24H14N6S4/c1-11-21(29-13(3)31-11)16-6-19(15(8-25)9-26)33-23(16)24-17(22-12(2)32-14(4)30-22)7-20(34-24)18(10-27)28-5/h6-7H,1-4H3/b20-18+,24-23+. The van der Waals surface area contributed by atoms with E-state index in [1.54, 1.807) is 22.7 Å². The van der Waals surface area contributed by atoms with Gasteiger partial charge in [0.05, 0.1) is 47.6 Å². The maximum atomic E-state index is 9.50. The minimum atomic E-state index is 0.0161. The molecule has 0 aliphatic rings. The average Bonchev–Trinajstić information content (AvgIpc) is 3.55. The summed E-state index contributed by atoms with van der Waals surface area (Å²) in [5, 5.41) is 30.3. The van der Waals surface area contributed by atoms with Gasteiger partial charge in [0.1, 0.15) is 17.7 Å². The molecule has 34 heavy (non-hydrogen) atoms. The Balaban J connectivity index is 2.34. The number of aryl methyl sites for hydroxylation is 4. The molecule has 0 atom stereocenters. The molecule has 4 aromatic rings. The normalized spacial score (nSPS) is 12.4. The van der Waals surface area contributed by atoms with Crippen LogP contribution in [0.25, 0.3) is 38.6 Å². The van der Waals surface area contributed by atoms with Gasteiger partial charge in [0.2, 0.25) is 0 Å². The Kier molecular flexibility index (Phi) is 6.44. The summed E-state index contributed by atoms with van der Waals surface area (Å²) in [5.41, 5.74) is 3.31. The summed E-state index contributed by atoms with van der Waals surface area (Å²) < 4.78 is 2.79. The molecule has 4 aromatic heterocycles. The Morgan fingerprint density at radius 3 is 1.62 bits per heavy atom. The number of nitriles is 3. The summed E-state index contributed by atoms with van der Waals surface area (Å²) in [5.74, 6) is 0. The fourth-order valence-electron chi connectivity index (χ4n) is 3.54. The van der Waals surface area contributed by atoms with Crippen molar-refractivity contribution in [3.8, 4) is 40.7 Å². The van der Waals surface area contributed by atoms with Gasteiger partial charge in [-0.05, 0) is 39.8 Å². The molecule has 0 spiro atoms. The third-order valence-corrected chi connectivity index (χ3v) is 9.14. The van der Waals surface area contributed by atoms with E-state index in [1.165, 1.54) is 22.7 Å². The summed E-state index contributed by atoms with van der Waals surface area (Å²) in [4.78, 5) is 14.9. The molecule has 0 saturated heterocycles. The highest BCUT2D eigenvalue weighted by molar-refractivity contribution is 7.13. The second-order valence-corrected chi connectivity index (χ2v) is 12.1. The van der Waals surface area contributed by atoms with Crippen molar-refractivity contribution in [3.05, 3.63) is 61.4 Å². The van der Waals surface area contributed by atoms with Crippen molar-refractivity contribution in [1.29, 1.82) is 15.8 Å². The summed E-state index contributed by atoms with van der Waals surface area (Å²) in [6.07, 6.45) is 0. The highest BCUT2D eigenvalue weighted by Crippen LogP contribution is 2.34. The topological polar surface area (TPSA) is 102 Å². The predicted molar refractivity (Wildman–Crippen MR) is 137 cm³/mol. The third-order valence-electron chi connectivity index (χ3n) is 4.91. The Morgan fingerprint density at radius 1 is 0.765 bits per heavy atom. The lowest BCUT2D eigenvalue weighted by Gasteiger charge is -1.97. The zero-order chi connectivity index (χ0) is 24.6. The summed E-state index contributed by atoms with van der Waals surface area (Å²) in [6, 6.07) is 9.65. The quantitative estimate of drug-likeness (QED) is 0.337. The largest absolute Gasteiger partial charge is 0.278 e. The van der Waals surface area contributed by atoms with Crippen LogP contribution in [-0.2, 0) is 0 Å². The molecule has 0 radical (unpaired) electrons. The first-order valence-corrected chi connectivity index (χ1v) is 13.1. The van der Waals surface area contributed by atoms with E-state index < -0.39 is 0 Å². The number of rotatable bonds is 2. The summed E-state index contributed by atoms with van der Waals surface area (Å²) in [6.45, 7) is 15.3. The van der Waals surface area contributed by atoms with E-state index in [-0.39, 0.29) is 11.3 Å². The molecule has 0 aliphatic carbocycles. The van der Waals surface area contributed by atoms with Gasteiger partial charge in [-0.1, -0.05) is 0 Å². The van der Waals surface area contributed by atoms with Crippen molar-refractivity contribution < 1.29 is 0 Å². The predicted octanol–water partition coefficient (Wildman–Crippen LogP) is 5.33. The van der Waals surface area contributed by atoms with Crippen molar-refractivity contribution in [2.45, 2.75) is 27.7 Å². The van der Waals surface area contributed by atoms with Crippen LogP contribution in [0.1, 0.15) is 19.8 Å². The summed E-state index contributed by atoms with van der Waals surface area (Å²) in [7, 11) is 0. The number of hydrogen-bond donors (Lipinski definition) is 0. The number of hydrogen-bond acceptors (Lipinski definition) is 9. The van der Waals surface area contributed by atoms with Crippen LogP contribution >= 0.6 is 45.3 Å². The van der Waals surface area contributed by atoms with E-state index in [4.69, 9.17) is 16.5 Å². The molecule has 0 aliphatic heterocycles. The second-order valence-electron chi connectivity index (χ2n) is 7.15. The van der Waals surface area contributed by atoms with E-state index in [1.807, 2.05) is 58.0 Å². The maximum Gasteiger partial charge on any atom is 0.278 e. The van der Waals surface area contributed by atoms with Crippen molar-refractivity contribution >= 4 is 56.6 Å². The highest BCUT2D eigenvalue weighted by Gasteiger charge is 2.17. The first-order valence-electron chi connectivity index (χ1n) is 9.80. The Labute approximate surface area is 211 Å². The van der Waals surface area contributed by atoms with E-state index in [0.29, 0.717) is 9.06 Å². The van der Waals surface area contributed by atoms with E-state index in [9.17, 15) is 15.8 Å². The molecule has 164 valence electrons. The van der Waals surface area contributed by atoms with Crippen molar-refractivity contribution in [1.82, 2.24) is 9.97 Å².